The molecule has 0 radical (unpaired) electrons. The Balaban J connectivity index is 1.72. The number of rotatable bonds is 7. The van der Waals surface area contributed by atoms with Gasteiger partial charge in [-0.15, -0.1) is 0 Å². The van der Waals surface area contributed by atoms with E-state index in [1.165, 1.54) is 12.1 Å². The van der Waals surface area contributed by atoms with Gasteiger partial charge in [-0.05, 0) is 36.2 Å². The van der Waals surface area contributed by atoms with E-state index in [2.05, 4.69) is 5.32 Å². The molecule has 25 heavy (non-hydrogen) atoms. The highest BCUT2D eigenvalue weighted by atomic mass is 19.1. The number of halogens is 1. The van der Waals surface area contributed by atoms with Crippen LogP contribution >= 0.6 is 0 Å². The van der Waals surface area contributed by atoms with Gasteiger partial charge in [0.25, 0.3) is 0 Å². The highest BCUT2D eigenvalue weighted by Crippen LogP contribution is 2.38. The van der Waals surface area contributed by atoms with E-state index in [0.29, 0.717) is 18.9 Å². The second kappa shape index (κ2) is 7.53. The zero-order valence-electron chi connectivity index (χ0n) is 14.0. The van der Waals surface area contributed by atoms with E-state index < -0.39 is 6.04 Å². The third-order valence-corrected chi connectivity index (χ3v) is 4.23. The maximum absolute atomic E-state index is 13.3. The van der Waals surface area contributed by atoms with Crippen LogP contribution in [0.2, 0.25) is 0 Å². The molecule has 3 rings (SSSR count). The summed E-state index contributed by atoms with van der Waals surface area (Å²) in [5.41, 5.74) is 8.15. The van der Waals surface area contributed by atoms with Crippen LogP contribution in [-0.4, -0.2) is 18.6 Å². The summed E-state index contributed by atoms with van der Waals surface area (Å²) >= 11 is 0. The van der Waals surface area contributed by atoms with Gasteiger partial charge in [-0.2, -0.15) is 0 Å². The van der Waals surface area contributed by atoms with Crippen molar-refractivity contribution < 1.29 is 18.7 Å². The van der Waals surface area contributed by atoms with Crippen LogP contribution in [-0.2, 0) is 24.4 Å². The summed E-state index contributed by atoms with van der Waals surface area (Å²) in [6.45, 7) is 3.12. The number of fused-ring (bicyclic) bond motifs is 1. The van der Waals surface area contributed by atoms with Crippen LogP contribution < -0.4 is 20.5 Å². The highest BCUT2D eigenvalue weighted by molar-refractivity contribution is 5.79. The summed E-state index contributed by atoms with van der Waals surface area (Å²) < 4.78 is 24.8. The number of benzene rings is 2. The quantitative estimate of drug-likeness (QED) is 0.808. The number of hydrogen-bond acceptors (Lipinski definition) is 4. The molecule has 1 aliphatic heterocycles. The van der Waals surface area contributed by atoms with Crippen molar-refractivity contribution in [2.75, 3.05) is 6.61 Å². The largest absolute Gasteiger partial charge is 0.489 e. The summed E-state index contributed by atoms with van der Waals surface area (Å²) in [7, 11) is 0. The van der Waals surface area contributed by atoms with Crippen molar-refractivity contribution in [3.05, 3.63) is 58.9 Å². The standard InChI is InChI=1S/C19H21FN2O3/c1-12(19(21)23)22-10-14-5-6-17(18-16(14)7-8-24-18)25-11-13-3-2-4-15(20)9-13/h2-6,9,12,22H,7-8,10-11H2,1H3,(H2,21,23). The number of ether oxygens (including phenoxy) is 2. The van der Waals surface area contributed by atoms with Crippen LogP contribution in [0, 0.1) is 5.82 Å². The molecule has 0 aromatic heterocycles. The lowest BCUT2D eigenvalue weighted by Gasteiger charge is -2.15. The van der Waals surface area contributed by atoms with Crippen molar-refractivity contribution in [2.45, 2.75) is 32.5 Å². The molecule has 1 aliphatic rings. The zero-order valence-corrected chi connectivity index (χ0v) is 14.0. The van der Waals surface area contributed by atoms with Crippen LogP contribution in [0.15, 0.2) is 36.4 Å². The fraction of sp³-hybridized carbons (Fsp3) is 0.316. The minimum absolute atomic E-state index is 0.268. The highest BCUT2D eigenvalue weighted by Gasteiger charge is 2.21. The van der Waals surface area contributed by atoms with Gasteiger partial charge in [0.1, 0.15) is 12.4 Å². The van der Waals surface area contributed by atoms with Gasteiger partial charge < -0.3 is 20.5 Å². The number of carbonyl (C=O) groups is 1. The molecule has 0 fully saturated rings. The smallest absolute Gasteiger partial charge is 0.234 e. The molecule has 5 nitrogen and oxygen atoms in total. The molecule has 1 unspecified atom stereocenters. The van der Waals surface area contributed by atoms with Crippen LogP contribution in [0.25, 0.3) is 0 Å². The molecule has 2 aromatic carbocycles. The molecule has 2 aromatic rings. The number of carbonyl (C=O) groups excluding carboxylic acids is 1. The Morgan fingerprint density at radius 1 is 1.40 bits per heavy atom. The molecule has 132 valence electrons. The van der Waals surface area contributed by atoms with Crippen molar-refractivity contribution in [1.29, 1.82) is 0 Å². The Labute approximate surface area is 145 Å². The Kier molecular flexibility index (Phi) is 5.19. The minimum Gasteiger partial charge on any atom is -0.489 e. The summed E-state index contributed by atoms with van der Waals surface area (Å²) in [6, 6.07) is 9.72. The summed E-state index contributed by atoms with van der Waals surface area (Å²) in [5, 5.41) is 3.10. The van der Waals surface area contributed by atoms with Crippen LogP contribution in [0.3, 0.4) is 0 Å². The summed E-state index contributed by atoms with van der Waals surface area (Å²) in [4.78, 5) is 11.1. The molecular weight excluding hydrogens is 323 g/mol. The summed E-state index contributed by atoms with van der Waals surface area (Å²) in [6.07, 6.45) is 0.786. The predicted octanol–water partition coefficient (Wildman–Crippen LogP) is 2.30. The average molecular weight is 344 g/mol. The lowest BCUT2D eigenvalue weighted by atomic mass is 10.0. The van der Waals surface area contributed by atoms with Gasteiger partial charge in [0.15, 0.2) is 11.5 Å². The van der Waals surface area contributed by atoms with Crippen LogP contribution in [0.4, 0.5) is 4.39 Å². The van der Waals surface area contributed by atoms with Crippen molar-refractivity contribution in [1.82, 2.24) is 5.32 Å². The third kappa shape index (κ3) is 4.09. The van der Waals surface area contributed by atoms with Crippen molar-refractivity contribution in [3.8, 4) is 11.5 Å². The molecule has 0 saturated carbocycles. The molecular formula is C19H21FN2O3. The second-order valence-electron chi connectivity index (χ2n) is 6.05. The monoisotopic (exact) mass is 344 g/mol. The molecule has 6 heteroatoms. The molecule has 0 saturated heterocycles. The van der Waals surface area contributed by atoms with E-state index in [0.717, 1.165) is 28.9 Å². The van der Waals surface area contributed by atoms with Gasteiger partial charge in [-0.25, -0.2) is 4.39 Å². The molecule has 3 N–H and O–H groups in total. The predicted molar refractivity (Wildman–Crippen MR) is 91.9 cm³/mol. The molecule has 0 bridgehead atoms. The van der Waals surface area contributed by atoms with E-state index in [4.69, 9.17) is 15.2 Å². The maximum Gasteiger partial charge on any atom is 0.234 e. The van der Waals surface area contributed by atoms with E-state index >= 15 is 0 Å². The molecule has 0 spiro atoms. The first-order valence-corrected chi connectivity index (χ1v) is 8.22. The molecule has 1 amide bonds. The van der Waals surface area contributed by atoms with E-state index in [9.17, 15) is 9.18 Å². The number of amides is 1. The lowest BCUT2D eigenvalue weighted by Crippen LogP contribution is -2.38. The number of nitrogens with two attached hydrogens (primary N) is 1. The first-order valence-electron chi connectivity index (χ1n) is 8.22. The fourth-order valence-corrected chi connectivity index (χ4v) is 2.77. The van der Waals surface area contributed by atoms with Gasteiger partial charge in [0.05, 0.1) is 12.6 Å². The van der Waals surface area contributed by atoms with Crippen LogP contribution in [0.1, 0.15) is 23.6 Å². The summed E-state index contributed by atoms with van der Waals surface area (Å²) in [5.74, 6) is 0.696. The Bertz CT molecular complexity index is 779. The first-order chi connectivity index (χ1) is 12.0. The van der Waals surface area contributed by atoms with Gasteiger partial charge in [0.2, 0.25) is 5.91 Å². The Morgan fingerprint density at radius 3 is 3.00 bits per heavy atom. The van der Waals surface area contributed by atoms with Crippen LogP contribution in [0.5, 0.6) is 11.5 Å². The first kappa shape index (κ1) is 17.2. The normalized spacial score (nSPS) is 13.8. The van der Waals surface area contributed by atoms with E-state index in [1.54, 1.807) is 13.0 Å². The number of primary amides is 1. The van der Waals surface area contributed by atoms with E-state index in [-0.39, 0.29) is 18.3 Å². The van der Waals surface area contributed by atoms with Gasteiger partial charge in [-0.3, -0.25) is 4.79 Å². The molecule has 1 heterocycles. The maximum atomic E-state index is 13.3. The Hall–Kier alpha value is -2.60. The van der Waals surface area contributed by atoms with Gasteiger partial charge >= 0.3 is 0 Å². The number of hydrogen-bond donors (Lipinski definition) is 2. The zero-order chi connectivity index (χ0) is 17.8. The minimum atomic E-state index is -0.401. The van der Waals surface area contributed by atoms with Crippen molar-refractivity contribution in [3.63, 3.8) is 0 Å². The topological polar surface area (TPSA) is 73.6 Å². The third-order valence-electron chi connectivity index (χ3n) is 4.23. The Morgan fingerprint density at radius 2 is 2.24 bits per heavy atom. The van der Waals surface area contributed by atoms with E-state index in [1.807, 2.05) is 18.2 Å². The van der Waals surface area contributed by atoms with Gasteiger partial charge in [-0.1, -0.05) is 18.2 Å². The molecule has 0 aliphatic carbocycles. The number of nitrogens with one attached hydrogen (secondary N) is 1. The lowest BCUT2D eigenvalue weighted by molar-refractivity contribution is -0.119. The second-order valence-corrected chi connectivity index (χ2v) is 6.05. The van der Waals surface area contributed by atoms with Gasteiger partial charge in [0, 0.05) is 18.5 Å². The average Bonchev–Trinajstić information content (AvgIpc) is 3.08. The fourth-order valence-electron chi connectivity index (χ4n) is 2.77. The SMILES string of the molecule is CC(NCc1ccc(OCc2cccc(F)c2)c2c1CCO2)C(N)=O. The van der Waals surface area contributed by atoms with Crippen molar-refractivity contribution >= 4 is 5.91 Å². The van der Waals surface area contributed by atoms with Crippen molar-refractivity contribution in [2.24, 2.45) is 5.73 Å². The molecule has 1 atom stereocenters.